The maximum Gasteiger partial charge on any atom is 0.227 e. The van der Waals surface area contributed by atoms with Gasteiger partial charge in [-0.05, 0) is 72.5 Å². The largest absolute Gasteiger partial charge is 0.436 e. The number of hydrogen-bond acceptors (Lipinski definition) is 7. The molecule has 258 valence electrons. The molecule has 0 fully saturated rings. The molecule has 0 saturated carbocycles. The first-order valence-electron chi connectivity index (χ1n) is 18.2. The summed E-state index contributed by atoms with van der Waals surface area (Å²) in [7, 11) is 0. The Morgan fingerprint density at radius 1 is 0.556 bits per heavy atom. The van der Waals surface area contributed by atoms with E-state index in [0.717, 1.165) is 72.9 Å². The van der Waals surface area contributed by atoms with Crippen molar-refractivity contribution in [1.82, 2.24) is 9.97 Å². The van der Waals surface area contributed by atoms with E-state index < -0.39 is 0 Å². The van der Waals surface area contributed by atoms with Crippen LogP contribution in [-0.2, 0) is 6.42 Å². The van der Waals surface area contributed by atoms with Crippen LogP contribution in [0, 0.1) is 0 Å². The van der Waals surface area contributed by atoms with Crippen LogP contribution in [0.3, 0.4) is 0 Å². The van der Waals surface area contributed by atoms with Crippen LogP contribution in [0.2, 0.25) is 0 Å². The molecule has 4 nitrogen and oxygen atoms in total. The molecule has 0 amide bonds. The van der Waals surface area contributed by atoms with E-state index in [2.05, 4.69) is 144 Å². The van der Waals surface area contributed by atoms with Crippen LogP contribution < -0.4 is 4.90 Å². The van der Waals surface area contributed by atoms with E-state index in [4.69, 9.17) is 14.4 Å². The number of para-hydroxylation sites is 2. The fraction of sp³-hybridized carbons (Fsp3) is 0.0638. The zero-order valence-corrected chi connectivity index (χ0v) is 31.4. The van der Waals surface area contributed by atoms with Gasteiger partial charge in [-0.25, -0.2) is 9.97 Å². The summed E-state index contributed by atoms with van der Waals surface area (Å²) in [5, 5.41) is 0.982. The molecule has 1 atom stereocenters. The lowest BCUT2D eigenvalue weighted by Crippen LogP contribution is -2.16. The first-order valence-corrected chi connectivity index (χ1v) is 20.6. The number of fused-ring (bicyclic) bond motifs is 6. The topological polar surface area (TPSA) is 42.2 Å². The number of hydrogen-bond donors (Lipinski definition) is 0. The first kappa shape index (κ1) is 31.9. The van der Waals surface area contributed by atoms with Gasteiger partial charge in [-0.3, -0.25) is 0 Å². The second-order valence-electron chi connectivity index (χ2n) is 13.6. The first-order chi connectivity index (χ1) is 26.8. The van der Waals surface area contributed by atoms with Gasteiger partial charge in [0.1, 0.15) is 10.5 Å². The molecule has 1 unspecified atom stereocenters. The highest BCUT2D eigenvalue weighted by Crippen LogP contribution is 2.57. The summed E-state index contributed by atoms with van der Waals surface area (Å²) in [6.07, 6.45) is 1.84. The summed E-state index contributed by atoms with van der Waals surface area (Å²) in [5.74, 6) is 0.626. The summed E-state index contributed by atoms with van der Waals surface area (Å²) in [5.41, 5.74) is 11.7. The van der Waals surface area contributed by atoms with Gasteiger partial charge in [0.25, 0.3) is 0 Å². The Labute approximate surface area is 325 Å². The van der Waals surface area contributed by atoms with Crippen LogP contribution in [0.1, 0.15) is 29.0 Å². The van der Waals surface area contributed by atoms with E-state index in [1.54, 1.807) is 11.3 Å². The number of nitrogens with zero attached hydrogens (tertiary/aromatic N) is 3. The summed E-state index contributed by atoms with van der Waals surface area (Å²) in [4.78, 5) is 18.5. The third-order valence-corrected chi connectivity index (χ3v) is 13.9. The van der Waals surface area contributed by atoms with Crippen molar-refractivity contribution in [2.45, 2.75) is 38.3 Å². The lowest BCUT2D eigenvalue weighted by Gasteiger charge is -2.33. The van der Waals surface area contributed by atoms with Crippen molar-refractivity contribution in [3.63, 3.8) is 0 Å². The van der Waals surface area contributed by atoms with Crippen molar-refractivity contribution in [3.05, 3.63) is 174 Å². The van der Waals surface area contributed by atoms with Crippen LogP contribution in [0.5, 0.6) is 0 Å². The van der Waals surface area contributed by atoms with Gasteiger partial charge in [0.2, 0.25) is 5.89 Å². The molecule has 2 aromatic heterocycles. The SMILES string of the molecule is c1ccc(-c2nc3c(N4c5ccccc5Sc5ccccc54)c4sc(-c5ccccc5)nc4c(C4CCc5ccccc5Sc5ccccc54)c3o2)cc1. The zero-order chi connectivity index (χ0) is 35.6. The molecule has 7 heteroatoms. The molecule has 0 radical (unpaired) electrons. The highest BCUT2D eigenvalue weighted by molar-refractivity contribution is 8.00. The van der Waals surface area contributed by atoms with Crippen molar-refractivity contribution in [2.24, 2.45) is 0 Å². The van der Waals surface area contributed by atoms with Crippen molar-refractivity contribution >= 4 is 73.2 Å². The lowest BCUT2D eigenvalue weighted by atomic mass is 9.84. The minimum atomic E-state index is 0.0138. The van der Waals surface area contributed by atoms with Gasteiger partial charge in [-0.2, -0.15) is 0 Å². The Balaban J connectivity index is 1.27. The number of benzene rings is 7. The summed E-state index contributed by atoms with van der Waals surface area (Å²) >= 11 is 5.43. The van der Waals surface area contributed by atoms with Crippen molar-refractivity contribution in [1.29, 1.82) is 0 Å². The number of aryl methyl sites for hydroxylation is 1. The zero-order valence-electron chi connectivity index (χ0n) is 29.0. The predicted octanol–water partition coefficient (Wildman–Crippen LogP) is 13.9. The molecule has 54 heavy (non-hydrogen) atoms. The number of aromatic nitrogens is 2. The fourth-order valence-electron chi connectivity index (χ4n) is 7.97. The van der Waals surface area contributed by atoms with Gasteiger partial charge in [-0.15, -0.1) is 11.3 Å². The summed E-state index contributed by atoms with van der Waals surface area (Å²) in [6.45, 7) is 0. The summed E-state index contributed by atoms with van der Waals surface area (Å²) in [6, 6.07) is 56.0. The Bertz CT molecular complexity index is 2720. The summed E-state index contributed by atoms with van der Waals surface area (Å²) < 4.78 is 8.25. The monoisotopic (exact) mass is 749 g/mol. The molecular weight excluding hydrogens is 719 g/mol. The Morgan fingerprint density at radius 2 is 1.15 bits per heavy atom. The number of thiazole rings is 1. The molecule has 0 spiro atoms. The number of rotatable bonds is 4. The Morgan fingerprint density at radius 3 is 1.89 bits per heavy atom. The second kappa shape index (κ2) is 13.1. The highest BCUT2D eigenvalue weighted by atomic mass is 32.2. The maximum atomic E-state index is 7.14. The maximum absolute atomic E-state index is 7.14. The van der Waals surface area contributed by atoms with Crippen LogP contribution in [-0.4, -0.2) is 9.97 Å². The predicted molar refractivity (Wildman–Crippen MR) is 224 cm³/mol. The smallest absolute Gasteiger partial charge is 0.227 e. The van der Waals surface area contributed by atoms with E-state index in [0.29, 0.717) is 5.89 Å². The molecule has 2 aliphatic heterocycles. The Kier molecular flexibility index (Phi) is 7.71. The quantitative estimate of drug-likeness (QED) is 0.178. The molecule has 0 saturated heterocycles. The van der Waals surface area contributed by atoms with Gasteiger partial charge in [0.05, 0.1) is 27.3 Å². The number of anilines is 3. The Hall–Kier alpha value is -5.60. The third-order valence-electron chi connectivity index (χ3n) is 10.4. The molecule has 0 N–H and O–H groups in total. The normalized spacial score (nSPS) is 14.9. The van der Waals surface area contributed by atoms with Crippen LogP contribution in [0.25, 0.3) is 43.3 Å². The van der Waals surface area contributed by atoms with E-state index in [1.807, 2.05) is 41.7 Å². The van der Waals surface area contributed by atoms with E-state index in [1.165, 1.54) is 30.7 Å². The molecule has 9 aromatic rings. The molecule has 4 heterocycles. The second-order valence-corrected chi connectivity index (χ2v) is 16.8. The van der Waals surface area contributed by atoms with Crippen molar-refractivity contribution in [2.75, 3.05) is 4.90 Å². The van der Waals surface area contributed by atoms with Gasteiger partial charge in [0, 0.05) is 42.2 Å². The molecule has 2 aliphatic rings. The average Bonchev–Trinajstić information content (AvgIpc) is 3.87. The molecule has 7 aromatic carbocycles. The standard InChI is InChI=1S/C47H31N3OS3/c1-3-16-30(17-4-1)46-48-42-43(50-34-21-9-13-25-38(34)53-39-26-14-10-22-35(39)50)45-41(49-47(54-45)31-18-5-2-6-19-31)40(44(42)51-46)33-28-27-29-15-7-11-23-36(29)52-37-24-12-8-20-32(33)37/h1-26,33H,27-28H2. The van der Waals surface area contributed by atoms with Crippen molar-refractivity contribution in [3.8, 4) is 22.0 Å². The van der Waals surface area contributed by atoms with Gasteiger partial charge >= 0.3 is 0 Å². The van der Waals surface area contributed by atoms with Gasteiger partial charge in [-0.1, -0.05) is 133 Å². The highest BCUT2D eigenvalue weighted by Gasteiger charge is 2.35. The molecular formula is C47H31N3OS3. The minimum absolute atomic E-state index is 0.0138. The lowest BCUT2D eigenvalue weighted by molar-refractivity contribution is 0.605. The minimum Gasteiger partial charge on any atom is -0.436 e. The van der Waals surface area contributed by atoms with E-state index in [9.17, 15) is 0 Å². The van der Waals surface area contributed by atoms with Crippen molar-refractivity contribution < 1.29 is 4.42 Å². The van der Waals surface area contributed by atoms with E-state index in [-0.39, 0.29) is 5.92 Å². The molecule has 0 bridgehead atoms. The fourth-order valence-corrected chi connectivity index (χ4v) is 11.3. The molecule has 0 aliphatic carbocycles. The van der Waals surface area contributed by atoms with Crippen LogP contribution >= 0.6 is 34.9 Å². The average molecular weight is 750 g/mol. The van der Waals surface area contributed by atoms with Gasteiger partial charge < -0.3 is 9.32 Å². The number of oxazole rings is 1. The van der Waals surface area contributed by atoms with Crippen LogP contribution in [0.15, 0.2) is 182 Å². The van der Waals surface area contributed by atoms with Gasteiger partial charge in [0.15, 0.2) is 5.58 Å². The van der Waals surface area contributed by atoms with Crippen LogP contribution in [0.4, 0.5) is 17.1 Å². The van der Waals surface area contributed by atoms with E-state index >= 15 is 0 Å². The molecule has 11 rings (SSSR count). The third kappa shape index (κ3) is 5.22.